The molecule has 1 heterocycles. The first-order valence-corrected chi connectivity index (χ1v) is 6.17. The Morgan fingerprint density at radius 1 is 1.10 bits per heavy atom. The van der Waals surface area contributed by atoms with Crippen LogP contribution in [0.15, 0.2) is 27.8 Å². The predicted molar refractivity (Wildman–Crippen MR) is 69.1 cm³/mol. The quantitative estimate of drug-likeness (QED) is 0.676. The van der Waals surface area contributed by atoms with Gasteiger partial charge < -0.3 is 9.97 Å². The van der Waals surface area contributed by atoms with Crippen LogP contribution in [0.4, 0.5) is 13.2 Å². The van der Waals surface area contributed by atoms with Crippen LogP contribution in [0, 0.1) is 0 Å². The lowest BCUT2D eigenvalue weighted by Crippen LogP contribution is -2.28. The summed E-state index contributed by atoms with van der Waals surface area (Å²) in [6.07, 6.45) is -5.50. The molecule has 1 aromatic heterocycles. The SMILES string of the molecule is O=c1[nH]c2ccc(C(Cl)CCC(F)(F)F)cc2[nH]c1=O. The van der Waals surface area contributed by atoms with Crippen LogP contribution in [-0.2, 0) is 0 Å². The maximum absolute atomic E-state index is 12.1. The highest BCUT2D eigenvalue weighted by molar-refractivity contribution is 6.20. The molecule has 0 aliphatic carbocycles. The molecule has 0 saturated heterocycles. The molecule has 1 aromatic carbocycles. The molecule has 2 N–H and O–H groups in total. The lowest BCUT2D eigenvalue weighted by Gasteiger charge is -2.12. The van der Waals surface area contributed by atoms with Gasteiger partial charge in [-0.3, -0.25) is 9.59 Å². The van der Waals surface area contributed by atoms with E-state index in [9.17, 15) is 22.8 Å². The van der Waals surface area contributed by atoms with Crippen molar-refractivity contribution in [3.05, 3.63) is 44.5 Å². The molecule has 8 heteroatoms. The first-order chi connectivity index (χ1) is 9.26. The van der Waals surface area contributed by atoms with Gasteiger partial charge in [0.25, 0.3) is 0 Å². The third kappa shape index (κ3) is 3.41. The number of hydrogen-bond donors (Lipinski definition) is 2. The molecule has 2 rings (SSSR count). The lowest BCUT2D eigenvalue weighted by molar-refractivity contribution is -0.135. The smallest absolute Gasteiger partial charge is 0.316 e. The third-order valence-electron chi connectivity index (χ3n) is 2.79. The van der Waals surface area contributed by atoms with E-state index in [-0.39, 0.29) is 6.42 Å². The molecule has 0 saturated carbocycles. The van der Waals surface area contributed by atoms with E-state index in [1.54, 1.807) is 0 Å². The first-order valence-electron chi connectivity index (χ1n) is 5.73. The maximum Gasteiger partial charge on any atom is 0.389 e. The molecule has 4 nitrogen and oxygen atoms in total. The molecule has 0 amide bonds. The number of halogens is 4. The monoisotopic (exact) mass is 306 g/mol. The van der Waals surface area contributed by atoms with Gasteiger partial charge in [-0.05, 0) is 24.1 Å². The summed E-state index contributed by atoms with van der Waals surface area (Å²) < 4.78 is 36.4. The van der Waals surface area contributed by atoms with Gasteiger partial charge in [0.1, 0.15) is 0 Å². The molecule has 108 valence electrons. The topological polar surface area (TPSA) is 65.7 Å². The molecule has 20 heavy (non-hydrogen) atoms. The number of alkyl halides is 4. The number of aromatic amines is 2. The van der Waals surface area contributed by atoms with E-state index >= 15 is 0 Å². The van der Waals surface area contributed by atoms with E-state index < -0.39 is 29.1 Å². The number of nitrogens with one attached hydrogen (secondary N) is 2. The number of H-pyrrole nitrogens is 2. The van der Waals surface area contributed by atoms with Crippen molar-refractivity contribution in [2.45, 2.75) is 24.4 Å². The second-order valence-electron chi connectivity index (χ2n) is 4.33. The van der Waals surface area contributed by atoms with Crippen LogP contribution in [0.2, 0.25) is 0 Å². The van der Waals surface area contributed by atoms with Gasteiger partial charge in [-0.1, -0.05) is 6.07 Å². The summed E-state index contributed by atoms with van der Waals surface area (Å²) in [7, 11) is 0. The van der Waals surface area contributed by atoms with Gasteiger partial charge in [0.15, 0.2) is 0 Å². The number of hydrogen-bond acceptors (Lipinski definition) is 2. The van der Waals surface area contributed by atoms with Gasteiger partial charge in [-0.2, -0.15) is 13.2 Å². The van der Waals surface area contributed by atoms with E-state index in [0.29, 0.717) is 16.6 Å². The molecular formula is C12H10ClF3N2O2. The van der Waals surface area contributed by atoms with Crippen LogP contribution >= 0.6 is 11.6 Å². The molecule has 0 aliphatic heterocycles. The van der Waals surface area contributed by atoms with Crippen molar-refractivity contribution in [1.82, 2.24) is 9.97 Å². The van der Waals surface area contributed by atoms with Crippen molar-refractivity contribution in [3.63, 3.8) is 0 Å². The normalized spacial score (nSPS) is 13.6. The maximum atomic E-state index is 12.1. The molecular weight excluding hydrogens is 297 g/mol. The van der Waals surface area contributed by atoms with Gasteiger partial charge in [0, 0.05) is 6.42 Å². The summed E-state index contributed by atoms with van der Waals surface area (Å²) >= 11 is 5.92. The van der Waals surface area contributed by atoms with Crippen molar-refractivity contribution in [2.24, 2.45) is 0 Å². The van der Waals surface area contributed by atoms with Gasteiger partial charge >= 0.3 is 17.3 Å². The zero-order valence-corrected chi connectivity index (χ0v) is 10.8. The highest BCUT2D eigenvalue weighted by atomic mass is 35.5. The Morgan fingerprint density at radius 2 is 1.70 bits per heavy atom. The fourth-order valence-corrected chi connectivity index (χ4v) is 2.03. The molecule has 0 aliphatic rings. The molecule has 0 fully saturated rings. The fraction of sp³-hybridized carbons (Fsp3) is 0.333. The summed E-state index contributed by atoms with van der Waals surface area (Å²) in [4.78, 5) is 27.0. The molecule has 0 bridgehead atoms. The van der Waals surface area contributed by atoms with E-state index in [4.69, 9.17) is 11.6 Å². The van der Waals surface area contributed by atoms with E-state index in [1.807, 2.05) is 0 Å². The average molecular weight is 307 g/mol. The Balaban J connectivity index is 2.29. The van der Waals surface area contributed by atoms with Crippen LogP contribution in [0.25, 0.3) is 11.0 Å². The van der Waals surface area contributed by atoms with Crippen molar-refractivity contribution in [2.75, 3.05) is 0 Å². The summed E-state index contributed by atoms with van der Waals surface area (Å²) in [6, 6.07) is 4.47. The van der Waals surface area contributed by atoms with Crippen LogP contribution in [-0.4, -0.2) is 16.1 Å². The standard InChI is InChI=1S/C12H10ClF3N2O2/c13-7(3-4-12(14,15)16)6-1-2-8-9(5-6)18-11(20)10(19)17-8/h1-2,5,7H,3-4H2,(H,17,19)(H,18,20). The predicted octanol–water partition coefficient (Wildman–Crippen LogP) is 2.84. The number of benzene rings is 1. The highest BCUT2D eigenvalue weighted by Crippen LogP contribution is 2.32. The lowest BCUT2D eigenvalue weighted by atomic mass is 10.1. The van der Waals surface area contributed by atoms with E-state index in [1.165, 1.54) is 18.2 Å². The van der Waals surface area contributed by atoms with Gasteiger partial charge in [-0.15, -0.1) is 11.6 Å². The van der Waals surface area contributed by atoms with E-state index in [0.717, 1.165) is 0 Å². The minimum atomic E-state index is -4.26. The Hall–Kier alpha value is -1.76. The van der Waals surface area contributed by atoms with Crippen molar-refractivity contribution < 1.29 is 13.2 Å². The van der Waals surface area contributed by atoms with Crippen LogP contribution in [0.5, 0.6) is 0 Å². The van der Waals surface area contributed by atoms with Crippen molar-refractivity contribution >= 4 is 22.6 Å². The third-order valence-corrected chi connectivity index (χ3v) is 3.26. The second kappa shape index (κ2) is 5.32. The Morgan fingerprint density at radius 3 is 2.30 bits per heavy atom. The summed E-state index contributed by atoms with van der Waals surface area (Å²) in [5.74, 6) is 0. The van der Waals surface area contributed by atoms with Crippen LogP contribution in [0.1, 0.15) is 23.8 Å². The Kier molecular flexibility index (Phi) is 3.89. The Labute approximate surface area is 115 Å². The zero-order chi connectivity index (χ0) is 14.9. The number of rotatable bonds is 3. The molecule has 0 radical (unpaired) electrons. The fourth-order valence-electron chi connectivity index (χ4n) is 1.78. The molecule has 0 spiro atoms. The summed E-state index contributed by atoms with van der Waals surface area (Å²) in [5.41, 5.74) is -0.449. The molecule has 1 unspecified atom stereocenters. The highest BCUT2D eigenvalue weighted by Gasteiger charge is 2.28. The van der Waals surface area contributed by atoms with Crippen LogP contribution < -0.4 is 11.1 Å². The summed E-state index contributed by atoms with van der Waals surface area (Å²) in [5, 5.41) is -0.823. The summed E-state index contributed by atoms with van der Waals surface area (Å²) in [6.45, 7) is 0. The van der Waals surface area contributed by atoms with Gasteiger partial charge in [-0.25, -0.2) is 0 Å². The van der Waals surface area contributed by atoms with Gasteiger partial charge in [0.2, 0.25) is 0 Å². The van der Waals surface area contributed by atoms with Gasteiger partial charge in [0.05, 0.1) is 16.4 Å². The zero-order valence-electron chi connectivity index (χ0n) is 10.1. The van der Waals surface area contributed by atoms with E-state index in [2.05, 4.69) is 9.97 Å². The molecule has 1 atom stereocenters. The number of fused-ring (bicyclic) bond motifs is 1. The molecule has 2 aromatic rings. The minimum absolute atomic E-state index is 0.260. The van der Waals surface area contributed by atoms with Crippen molar-refractivity contribution in [1.29, 1.82) is 0 Å². The Bertz CT molecular complexity index is 736. The minimum Gasteiger partial charge on any atom is -0.316 e. The average Bonchev–Trinajstić information content (AvgIpc) is 2.36. The second-order valence-corrected chi connectivity index (χ2v) is 4.86. The number of aromatic nitrogens is 2. The first kappa shape index (κ1) is 14.6. The van der Waals surface area contributed by atoms with Crippen LogP contribution in [0.3, 0.4) is 0 Å². The largest absolute Gasteiger partial charge is 0.389 e. The van der Waals surface area contributed by atoms with Crippen molar-refractivity contribution in [3.8, 4) is 0 Å².